The molecule has 132 valence electrons. The van der Waals surface area contributed by atoms with Crippen LogP contribution in [0.2, 0.25) is 0 Å². The topological polar surface area (TPSA) is 90.9 Å². The van der Waals surface area contributed by atoms with Crippen LogP contribution in [0.15, 0.2) is 51.0 Å². The van der Waals surface area contributed by atoms with E-state index >= 15 is 0 Å². The highest BCUT2D eigenvalue weighted by atomic mass is 32.1. The van der Waals surface area contributed by atoms with Crippen LogP contribution in [-0.4, -0.2) is 16.0 Å². The van der Waals surface area contributed by atoms with E-state index in [9.17, 15) is 9.59 Å². The van der Waals surface area contributed by atoms with Gasteiger partial charge in [-0.1, -0.05) is 0 Å². The number of rotatable bonds is 2. The molecule has 0 saturated carbocycles. The number of aromatic amines is 2. The number of carbonyl (C=O) groups excluding carboxylic acids is 1. The predicted molar refractivity (Wildman–Crippen MR) is 98.7 cm³/mol. The third-order valence-electron chi connectivity index (χ3n) is 5.17. The van der Waals surface area contributed by atoms with Gasteiger partial charge < -0.3 is 9.73 Å². The van der Waals surface area contributed by atoms with Crippen LogP contribution in [0.25, 0.3) is 0 Å². The molecule has 26 heavy (non-hydrogen) atoms. The van der Waals surface area contributed by atoms with Crippen LogP contribution in [0, 0.1) is 6.92 Å². The van der Waals surface area contributed by atoms with Crippen molar-refractivity contribution in [2.45, 2.75) is 31.6 Å². The zero-order valence-corrected chi connectivity index (χ0v) is 14.9. The molecular formula is C19H17N3O3S. The van der Waals surface area contributed by atoms with Gasteiger partial charge in [0.05, 0.1) is 17.7 Å². The summed E-state index contributed by atoms with van der Waals surface area (Å²) in [7, 11) is 0. The molecule has 1 aliphatic heterocycles. The Bertz CT molecular complexity index is 1080. The van der Waals surface area contributed by atoms with Crippen LogP contribution in [0.4, 0.5) is 5.82 Å². The van der Waals surface area contributed by atoms with Gasteiger partial charge in [0.2, 0.25) is 0 Å². The van der Waals surface area contributed by atoms with Crippen molar-refractivity contribution in [1.82, 2.24) is 10.2 Å². The van der Waals surface area contributed by atoms with Gasteiger partial charge in [-0.05, 0) is 37.6 Å². The van der Waals surface area contributed by atoms with Gasteiger partial charge in [-0.15, -0.1) is 11.3 Å². The molecule has 0 fully saturated rings. The van der Waals surface area contributed by atoms with Crippen LogP contribution >= 0.6 is 11.3 Å². The summed E-state index contributed by atoms with van der Waals surface area (Å²) in [5, 5.41) is 8.85. The summed E-state index contributed by atoms with van der Waals surface area (Å²) in [6.45, 7) is 2.03. The van der Waals surface area contributed by atoms with Crippen molar-refractivity contribution in [2.75, 3.05) is 5.32 Å². The number of hydrogen-bond acceptors (Lipinski definition) is 5. The van der Waals surface area contributed by atoms with Gasteiger partial charge in [0, 0.05) is 33.4 Å². The molecular weight excluding hydrogens is 350 g/mol. The third-order valence-corrected chi connectivity index (χ3v) is 6.23. The minimum Gasteiger partial charge on any atom is -0.469 e. The van der Waals surface area contributed by atoms with Crippen molar-refractivity contribution in [1.29, 1.82) is 0 Å². The molecule has 3 N–H and O–H groups in total. The smallest absolute Gasteiger partial charge is 0.270 e. The number of allylic oxidation sites excluding steroid dienone is 2. The molecule has 6 nitrogen and oxygen atoms in total. The standard InChI is InChI=1S/C19H17N3O3S/c1-9-4-5-14(26-9)16-15-11(20-18-17(16)19(24)22-21-18)7-10(8-12(15)23)13-3-2-6-25-13/h2-6,10,16H,7-8H2,1H3,(H3,20,21,22,24)/t10-,16-/m0/s1. The quantitative estimate of drug-likeness (QED) is 0.645. The van der Waals surface area contributed by atoms with Crippen LogP contribution < -0.4 is 10.9 Å². The van der Waals surface area contributed by atoms with E-state index in [1.807, 2.05) is 31.2 Å². The van der Waals surface area contributed by atoms with E-state index in [4.69, 9.17) is 4.42 Å². The Morgan fingerprint density at radius 3 is 2.77 bits per heavy atom. The molecule has 0 amide bonds. The molecule has 0 bridgehead atoms. The molecule has 0 unspecified atom stereocenters. The van der Waals surface area contributed by atoms with Crippen molar-refractivity contribution in [2.24, 2.45) is 0 Å². The fraction of sp³-hybridized carbons (Fsp3) is 0.263. The average Bonchev–Trinajstić information content (AvgIpc) is 3.35. The Balaban J connectivity index is 1.66. The lowest BCUT2D eigenvalue weighted by Crippen LogP contribution is -2.31. The summed E-state index contributed by atoms with van der Waals surface area (Å²) >= 11 is 1.63. The molecule has 3 aromatic heterocycles. The lowest BCUT2D eigenvalue weighted by molar-refractivity contribution is -0.116. The Morgan fingerprint density at radius 2 is 2.04 bits per heavy atom. The van der Waals surface area contributed by atoms with E-state index in [0.29, 0.717) is 29.8 Å². The molecule has 2 aliphatic rings. The summed E-state index contributed by atoms with van der Waals surface area (Å²) in [6, 6.07) is 7.80. The number of furan rings is 1. The molecule has 7 heteroatoms. The molecule has 1 aliphatic carbocycles. The second-order valence-corrected chi connectivity index (χ2v) is 8.13. The van der Waals surface area contributed by atoms with Crippen molar-refractivity contribution in [3.63, 3.8) is 0 Å². The van der Waals surface area contributed by atoms with E-state index in [0.717, 1.165) is 21.2 Å². The number of H-pyrrole nitrogens is 2. The normalized spacial score (nSPS) is 22.1. The van der Waals surface area contributed by atoms with Crippen molar-refractivity contribution in [3.05, 3.63) is 73.2 Å². The number of anilines is 1. The molecule has 0 spiro atoms. The number of thiophene rings is 1. The van der Waals surface area contributed by atoms with E-state index < -0.39 is 0 Å². The largest absolute Gasteiger partial charge is 0.469 e. The first-order chi connectivity index (χ1) is 12.6. The maximum Gasteiger partial charge on any atom is 0.270 e. The minimum absolute atomic E-state index is 0.0154. The SMILES string of the molecule is Cc1ccc([C@H]2C3=C(C[C@H](c4ccco4)CC3=O)Nc3[nH][nH]c(=O)c32)s1. The number of carbonyl (C=O) groups is 1. The minimum atomic E-state index is -0.319. The Kier molecular flexibility index (Phi) is 3.33. The van der Waals surface area contributed by atoms with E-state index in [2.05, 4.69) is 15.5 Å². The lowest BCUT2D eigenvalue weighted by atomic mass is 9.75. The molecule has 2 atom stereocenters. The third kappa shape index (κ3) is 2.24. The maximum atomic E-state index is 13.1. The monoisotopic (exact) mass is 367 g/mol. The van der Waals surface area contributed by atoms with E-state index in [1.54, 1.807) is 17.6 Å². The number of nitrogens with one attached hydrogen (secondary N) is 3. The summed E-state index contributed by atoms with van der Waals surface area (Å²) in [5.74, 6) is 1.24. The van der Waals surface area contributed by atoms with Crippen molar-refractivity contribution in [3.8, 4) is 0 Å². The number of Topliss-reactive ketones (excluding diaryl/α,β-unsaturated/α-hetero) is 1. The number of aryl methyl sites for hydroxylation is 1. The molecule has 0 saturated heterocycles. The highest BCUT2D eigenvalue weighted by molar-refractivity contribution is 7.12. The molecule has 4 heterocycles. The van der Waals surface area contributed by atoms with Crippen molar-refractivity contribution >= 4 is 22.9 Å². The van der Waals surface area contributed by atoms with Gasteiger partial charge in [0.1, 0.15) is 11.6 Å². The average molecular weight is 367 g/mol. The fourth-order valence-corrected chi connectivity index (χ4v) is 5.04. The molecule has 3 aromatic rings. The summed E-state index contributed by atoms with van der Waals surface area (Å²) in [4.78, 5) is 27.7. The van der Waals surface area contributed by atoms with Crippen LogP contribution in [0.3, 0.4) is 0 Å². The highest BCUT2D eigenvalue weighted by Gasteiger charge is 2.41. The summed E-state index contributed by atoms with van der Waals surface area (Å²) < 4.78 is 5.52. The van der Waals surface area contributed by atoms with Crippen LogP contribution in [0.1, 0.15) is 45.8 Å². The van der Waals surface area contributed by atoms with E-state index in [-0.39, 0.29) is 23.2 Å². The Hall–Kier alpha value is -2.80. The lowest BCUT2D eigenvalue weighted by Gasteiger charge is -2.33. The Labute approximate surface area is 152 Å². The predicted octanol–water partition coefficient (Wildman–Crippen LogP) is 3.62. The maximum absolute atomic E-state index is 13.1. The second kappa shape index (κ2) is 5.60. The van der Waals surface area contributed by atoms with Gasteiger partial charge in [-0.2, -0.15) is 0 Å². The zero-order valence-electron chi connectivity index (χ0n) is 14.1. The second-order valence-electron chi connectivity index (χ2n) is 6.81. The van der Waals surface area contributed by atoms with E-state index in [1.165, 1.54) is 0 Å². The fourth-order valence-electron chi connectivity index (χ4n) is 4.04. The molecule has 0 radical (unpaired) electrons. The van der Waals surface area contributed by atoms with Crippen LogP contribution in [-0.2, 0) is 4.79 Å². The zero-order chi connectivity index (χ0) is 17.8. The number of hydrogen-bond donors (Lipinski definition) is 3. The first kappa shape index (κ1) is 15.5. The van der Waals surface area contributed by atoms with Crippen molar-refractivity contribution < 1.29 is 9.21 Å². The highest BCUT2D eigenvalue weighted by Crippen LogP contribution is 2.47. The number of aromatic nitrogens is 2. The van der Waals surface area contributed by atoms with Gasteiger partial charge in [-0.3, -0.25) is 19.8 Å². The summed E-state index contributed by atoms with van der Waals surface area (Å²) in [6.07, 6.45) is 2.71. The first-order valence-electron chi connectivity index (χ1n) is 8.55. The first-order valence-corrected chi connectivity index (χ1v) is 9.37. The summed E-state index contributed by atoms with van der Waals surface area (Å²) in [5.41, 5.74) is 2.00. The number of fused-ring (bicyclic) bond motifs is 1. The van der Waals surface area contributed by atoms with Crippen LogP contribution in [0.5, 0.6) is 0 Å². The van der Waals surface area contributed by atoms with Gasteiger partial charge >= 0.3 is 0 Å². The molecule has 5 rings (SSSR count). The molecule has 0 aromatic carbocycles. The number of ketones is 1. The Morgan fingerprint density at radius 1 is 1.15 bits per heavy atom. The van der Waals surface area contributed by atoms with Gasteiger partial charge in [-0.25, -0.2) is 0 Å². The van der Waals surface area contributed by atoms with Gasteiger partial charge in [0.15, 0.2) is 5.78 Å². The van der Waals surface area contributed by atoms with Gasteiger partial charge in [0.25, 0.3) is 5.56 Å².